The minimum absolute atomic E-state index is 0.179. The van der Waals surface area contributed by atoms with Gasteiger partial charge in [-0.15, -0.1) is 0 Å². The number of carboxylic acid groups (broad SMARTS) is 1. The molecule has 0 saturated heterocycles. The van der Waals surface area contributed by atoms with Crippen molar-refractivity contribution in [2.24, 2.45) is 17.8 Å². The Hall–Kier alpha value is -0.530. The van der Waals surface area contributed by atoms with E-state index in [1.165, 1.54) is 38.5 Å². The molecule has 108 valence electrons. The lowest BCUT2D eigenvalue weighted by molar-refractivity contribution is -0.141. The Morgan fingerprint density at radius 3 is 1.78 bits per heavy atom. The largest absolute Gasteiger partial charge is 0.481 e. The molecule has 0 aliphatic heterocycles. The first-order valence-electron chi connectivity index (χ1n) is 7.70. The van der Waals surface area contributed by atoms with Gasteiger partial charge in [-0.1, -0.05) is 72.6 Å². The van der Waals surface area contributed by atoms with E-state index in [1.807, 2.05) is 0 Å². The molecule has 3 unspecified atom stereocenters. The summed E-state index contributed by atoms with van der Waals surface area (Å²) in [4.78, 5) is 10.7. The highest BCUT2D eigenvalue weighted by molar-refractivity contribution is 5.69. The fourth-order valence-electron chi connectivity index (χ4n) is 2.49. The zero-order valence-electron chi connectivity index (χ0n) is 12.7. The Balaban J connectivity index is 3.48. The van der Waals surface area contributed by atoms with Crippen molar-refractivity contribution in [3.8, 4) is 0 Å². The minimum Gasteiger partial charge on any atom is -0.481 e. The highest BCUT2D eigenvalue weighted by atomic mass is 16.4. The Morgan fingerprint density at radius 1 is 0.889 bits per heavy atom. The van der Waals surface area contributed by atoms with Gasteiger partial charge >= 0.3 is 5.97 Å². The smallest absolute Gasteiger partial charge is 0.306 e. The monoisotopic (exact) mass is 256 g/mol. The molecular formula is C16H32O2. The standard InChI is InChI=1S/C16H32O2/c1-5-8-13(2)9-6-10-14(3)11-7-12-15(4)16(17)18/h13-15H,5-12H2,1-4H3,(H,17,18). The van der Waals surface area contributed by atoms with Crippen molar-refractivity contribution >= 4 is 5.97 Å². The number of aliphatic carboxylic acids is 1. The summed E-state index contributed by atoms with van der Waals surface area (Å²) >= 11 is 0. The molecule has 3 atom stereocenters. The van der Waals surface area contributed by atoms with Crippen LogP contribution in [0.1, 0.15) is 79.1 Å². The average molecular weight is 256 g/mol. The second kappa shape index (κ2) is 10.4. The van der Waals surface area contributed by atoms with Crippen LogP contribution in [0.15, 0.2) is 0 Å². The molecule has 0 saturated carbocycles. The first-order valence-corrected chi connectivity index (χ1v) is 7.70. The van der Waals surface area contributed by atoms with Gasteiger partial charge in [0.25, 0.3) is 0 Å². The van der Waals surface area contributed by atoms with Crippen LogP contribution in [-0.4, -0.2) is 11.1 Å². The summed E-state index contributed by atoms with van der Waals surface area (Å²) in [6.07, 6.45) is 9.69. The molecule has 0 aliphatic rings. The Kier molecular flexibility index (Phi) is 10.1. The lowest BCUT2D eigenvalue weighted by atomic mass is 9.92. The van der Waals surface area contributed by atoms with E-state index in [0.29, 0.717) is 0 Å². The maximum absolute atomic E-state index is 10.7. The van der Waals surface area contributed by atoms with Gasteiger partial charge in [0, 0.05) is 0 Å². The highest BCUT2D eigenvalue weighted by Crippen LogP contribution is 2.20. The first kappa shape index (κ1) is 17.5. The molecule has 0 aromatic rings. The van der Waals surface area contributed by atoms with E-state index in [9.17, 15) is 4.79 Å². The normalized spacial score (nSPS) is 16.2. The molecule has 0 fully saturated rings. The van der Waals surface area contributed by atoms with Crippen molar-refractivity contribution in [3.05, 3.63) is 0 Å². The van der Waals surface area contributed by atoms with Gasteiger partial charge < -0.3 is 5.11 Å². The lowest BCUT2D eigenvalue weighted by Crippen LogP contribution is -2.09. The number of hydrogen-bond acceptors (Lipinski definition) is 1. The van der Waals surface area contributed by atoms with Crippen LogP contribution in [0.4, 0.5) is 0 Å². The number of carbonyl (C=O) groups is 1. The Labute approximate surface area is 113 Å². The third-order valence-electron chi connectivity index (χ3n) is 3.93. The zero-order chi connectivity index (χ0) is 14.0. The molecular weight excluding hydrogens is 224 g/mol. The van der Waals surface area contributed by atoms with Gasteiger partial charge in [-0.25, -0.2) is 0 Å². The van der Waals surface area contributed by atoms with Gasteiger partial charge in [0.15, 0.2) is 0 Å². The number of rotatable bonds is 11. The van der Waals surface area contributed by atoms with Gasteiger partial charge in [0.2, 0.25) is 0 Å². The average Bonchev–Trinajstić information content (AvgIpc) is 2.29. The van der Waals surface area contributed by atoms with Crippen molar-refractivity contribution in [3.63, 3.8) is 0 Å². The summed E-state index contributed by atoms with van der Waals surface area (Å²) in [6, 6.07) is 0. The molecule has 2 heteroatoms. The van der Waals surface area contributed by atoms with Gasteiger partial charge in [-0.3, -0.25) is 4.79 Å². The van der Waals surface area contributed by atoms with Crippen LogP contribution in [0, 0.1) is 17.8 Å². The SMILES string of the molecule is CCCC(C)CCCC(C)CCCC(C)C(=O)O. The van der Waals surface area contributed by atoms with E-state index in [1.54, 1.807) is 6.92 Å². The predicted octanol–water partition coefficient (Wildman–Crippen LogP) is 5.12. The quantitative estimate of drug-likeness (QED) is 0.557. The van der Waals surface area contributed by atoms with Crippen molar-refractivity contribution in [1.82, 2.24) is 0 Å². The molecule has 0 aromatic carbocycles. The summed E-state index contributed by atoms with van der Waals surface area (Å²) in [5.74, 6) is 0.784. The molecule has 0 bridgehead atoms. The van der Waals surface area contributed by atoms with Crippen LogP contribution in [0.5, 0.6) is 0 Å². The maximum Gasteiger partial charge on any atom is 0.306 e. The number of carboxylic acids is 1. The van der Waals surface area contributed by atoms with E-state index < -0.39 is 5.97 Å². The summed E-state index contributed by atoms with van der Waals surface area (Å²) in [7, 11) is 0. The first-order chi connectivity index (χ1) is 8.47. The molecule has 0 amide bonds. The van der Waals surface area contributed by atoms with Crippen LogP contribution in [-0.2, 0) is 4.79 Å². The highest BCUT2D eigenvalue weighted by Gasteiger charge is 2.11. The lowest BCUT2D eigenvalue weighted by Gasteiger charge is -2.14. The summed E-state index contributed by atoms with van der Waals surface area (Å²) < 4.78 is 0. The van der Waals surface area contributed by atoms with Crippen molar-refractivity contribution in [1.29, 1.82) is 0 Å². The van der Waals surface area contributed by atoms with E-state index in [-0.39, 0.29) is 5.92 Å². The zero-order valence-corrected chi connectivity index (χ0v) is 12.7. The maximum atomic E-state index is 10.7. The molecule has 1 N–H and O–H groups in total. The fourth-order valence-corrected chi connectivity index (χ4v) is 2.49. The van der Waals surface area contributed by atoms with E-state index in [2.05, 4.69) is 20.8 Å². The van der Waals surface area contributed by atoms with E-state index in [4.69, 9.17) is 5.11 Å². The second-order valence-corrected chi connectivity index (χ2v) is 6.10. The van der Waals surface area contributed by atoms with Gasteiger partial charge in [0.1, 0.15) is 0 Å². The van der Waals surface area contributed by atoms with Crippen LogP contribution in [0.25, 0.3) is 0 Å². The van der Waals surface area contributed by atoms with Crippen LogP contribution in [0.3, 0.4) is 0 Å². The third-order valence-corrected chi connectivity index (χ3v) is 3.93. The third kappa shape index (κ3) is 9.49. The Morgan fingerprint density at radius 2 is 1.33 bits per heavy atom. The van der Waals surface area contributed by atoms with Gasteiger partial charge in [0.05, 0.1) is 5.92 Å². The van der Waals surface area contributed by atoms with Crippen molar-refractivity contribution < 1.29 is 9.90 Å². The summed E-state index contributed by atoms with van der Waals surface area (Å²) in [6.45, 7) is 8.71. The molecule has 0 rings (SSSR count). The summed E-state index contributed by atoms with van der Waals surface area (Å²) in [5.41, 5.74) is 0. The van der Waals surface area contributed by atoms with Gasteiger partial charge in [-0.2, -0.15) is 0 Å². The van der Waals surface area contributed by atoms with E-state index in [0.717, 1.165) is 24.7 Å². The van der Waals surface area contributed by atoms with E-state index >= 15 is 0 Å². The van der Waals surface area contributed by atoms with Crippen LogP contribution >= 0.6 is 0 Å². The molecule has 0 radical (unpaired) electrons. The topological polar surface area (TPSA) is 37.3 Å². The Bertz CT molecular complexity index is 213. The predicted molar refractivity (Wildman–Crippen MR) is 77.7 cm³/mol. The molecule has 18 heavy (non-hydrogen) atoms. The molecule has 0 heterocycles. The fraction of sp³-hybridized carbons (Fsp3) is 0.938. The van der Waals surface area contributed by atoms with Crippen LogP contribution < -0.4 is 0 Å². The van der Waals surface area contributed by atoms with Crippen molar-refractivity contribution in [2.75, 3.05) is 0 Å². The minimum atomic E-state index is -0.656. The second-order valence-electron chi connectivity index (χ2n) is 6.10. The molecule has 0 aliphatic carbocycles. The summed E-state index contributed by atoms with van der Waals surface area (Å²) in [5, 5.41) is 8.80. The molecule has 2 nitrogen and oxygen atoms in total. The van der Waals surface area contributed by atoms with Crippen molar-refractivity contribution in [2.45, 2.75) is 79.1 Å². The van der Waals surface area contributed by atoms with Crippen LogP contribution in [0.2, 0.25) is 0 Å². The van der Waals surface area contributed by atoms with Gasteiger partial charge in [-0.05, 0) is 18.3 Å². The molecule has 0 aromatic heterocycles. The molecule has 0 spiro atoms. The number of hydrogen-bond donors (Lipinski definition) is 1.